The fourth-order valence-corrected chi connectivity index (χ4v) is 2.58. The first-order valence-corrected chi connectivity index (χ1v) is 7.20. The third kappa shape index (κ3) is 4.41. The Labute approximate surface area is 124 Å². The lowest BCUT2D eigenvalue weighted by Crippen LogP contribution is -2.21. The Balaban J connectivity index is 3.13. The maximum Gasteiger partial charge on any atom is 0.185 e. The zero-order valence-electron chi connectivity index (χ0n) is 13.3. The molecule has 0 amide bonds. The van der Waals surface area contributed by atoms with Crippen LogP contribution in [-0.4, -0.2) is 27.6 Å². The van der Waals surface area contributed by atoms with Gasteiger partial charge in [0.25, 0.3) is 0 Å². The molecule has 1 saturated heterocycles. The minimum absolute atomic E-state index is 0.541. The molecule has 0 bridgehead atoms. The van der Waals surface area contributed by atoms with Gasteiger partial charge in [0.2, 0.25) is 0 Å². The highest BCUT2D eigenvalue weighted by atomic mass is 16.5. The number of allylic oxidation sites excluding steroid dienone is 5. The van der Waals surface area contributed by atoms with Crippen LogP contribution in [0.25, 0.3) is 0 Å². The molecule has 3 heteroatoms. The van der Waals surface area contributed by atoms with Gasteiger partial charge in [0.05, 0.1) is 7.11 Å². The zero-order valence-corrected chi connectivity index (χ0v) is 13.3. The molecular weight excluding hydrogens is 247 g/mol. The lowest BCUT2D eigenvalue weighted by atomic mass is 9.57. The van der Waals surface area contributed by atoms with Gasteiger partial charge in [-0.05, 0) is 38.2 Å². The minimum Gasteiger partial charge on any atom is -0.497 e. The molecule has 2 nitrogen and oxygen atoms in total. The Morgan fingerprint density at radius 3 is 2.30 bits per heavy atom. The van der Waals surface area contributed by atoms with Crippen molar-refractivity contribution >= 4 is 7.28 Å². The lowest BCUT2D eigenvalue weighted by molar-refractivity contribution is 0.0764. The van der Waals surface area contributed by atoms with Gasteiger partial charge in [0, 0.05) is 13.2 Å². The van der Waals surface area contributed by atoms with E-state index in [-0.39, 0.29) is 0 Å². The third-order valence-electron chi connectivity index (χ3n) is 3.74. The summed E-state index contributed by atoms with van der Waals surface area (Å²) in [5.41, 5.74) is 4.66. The van der Waals surface area contributed by atoms with Gasteiger partial charge in [-0.2, -0.15) is 0 Å². The van der Waals surface area contributed by atoms with Crippen LogP contribution in [0.5, 0.6) is 0 Å². The van der Waals surface area contributed by atoms with E-state index in [0.29, 0.717) is 11.7 Å². The van der Waals surface area contributed by atoms with Gasteiger partial charge in [0.15, 0.2) is 7.28 Å². The molecule has 0 N–H and O–H groups in total. The van der Waals surface area contributed by atoms with E-state index in [9.17, 15) is 0 Å². The van der Waals surface area contributed by atoms with Crippen LogP contribution in [0.15, 0.2) is 47.1 Å². The number of hydrogen-bond donors (Lipinski definition) is 0. The summed E-state index contributed by atoms with van der Waals surface area (Å²) >= 11 is 0. The second-order valence-corrected chi connectivity index (χ2v) is 5.29. The average Bonchev–Trinajstić information content (AvgIpc) is 2.46. The largest absolute Gasteiger partial charge is 0.497 e. The highest BCUT2D eigenvalue weighted by Gasteiger charge is 2.22. The third-order valence-corrected chi connectivity index (χ3v) is 3.74. The molecule has 0 aromatic rings. The number of rotatable bonds is 6. The molecule has 1 fully saturated rings. The molecule has 20 heavy (non-hydrogen) atoms. The van der Waals surface area contributed by atoms with Crippen LogP contribution >= 0.6 is 0 Å². The summed E-state index contributed by atoms with van der Waals surface area (Å²) in [6.07, 6.45) is 4.34. The van der Waals surface area contributed by atoms with Crippen molar-refractivity contribution in [2.24, 2.45) is 5.92 Å². The van der Waals surface area contributed by atoms with Crippen molar-refractivity contribution in [2.75, 3.05) is 20.3 Å². The summed E-state index contributed by atoms with van der Waals surface area (Å²) in [4.78, 5) is 0. The summed E-state index contributed by atoms with van der Waals surface area (Å²) in [5, 5.41) is 0. The van der Waals surface area contributed by atoms with Gasteiger partial charge < -0.3 is 9.47 Å². The van der Waals surface area contributed by atoms with Crippen LogP contribution in [0.3, 0.4) is 0 Å². The maximum absolute atomic E-state index is 5.47. The van der Waals surface area contributed by atoms with Crippen LogP contribution in [0.2, 0.25) is 0 Å². The molecule has 1 aliphatic heterocycles. The van der Waals surface area contributed by atoms with E-state index in [1.165, 1.54) is 11.0 Å². The van der Waals surface area contributed by atoms with Crippen molar-refractivity contribution in [1.82, 2.24) is 0 Å². The topological polar surface area (TPSA) is 18.5 Å². The van der Waals surface area contributed by atoms with Gasteiger partial charge in [-0.1, -0.05) is 30.6 Å². The number of hydrogen-bond acceptors (Lipinski definition) is 2. The molecule has 1 radical (unpaired) electrons. The Morgan fingerprint density at radius 2 is 1.85 bits per heavy atom. The van der Waals surface area contributed by atoms with Crippen molar-refractivity contribution in [3.05, 3.63) is 47.1 Å². The molecule has 0 unspecified atom stereocenters. The van der Waals surface area contributed by atoms with Crippen LogP contribution in [-0.2, 0) is 9.47 Å². The van der Waals surface area contributed by atoms with Crippen molar-refractivity contribution in [2.45, 2.75) is 33.6 Å². The van der Waals surface area contributed by atoms with Crippen LogP contribution in [0, 0.1) is 5.92 Å². The molecule has 1 rings (SSSR count). The van der Waals surface area contributed by atoms with Crippen molar-refractivity contribution in [3.8, 4) is 0 Å². The molecular formula is C17H26BO2. The first-order chi connectivity index (χ1) is 9.51. The smallest absolute Gasteiger partial charge is 0.185 e. The van der Waals surface area contributed by atoms with Gasteiger partial charge >= 0.3 is 0 Å². The number of methoxy groups -OCH3 is 1. The van der Waals surface area contributed by atoms with E-state index in [4.69, 9.17) is 9.47 Å². The molecule has 0 saturated carbocycles. The Bertz CT molecular complexity index is 426. The molecule has 0 atom stereocenters. The molecule has 109 valence electrons. The standard InChI is InChI=1S/C17H26BO2/c1-7-16(15-8-10-20-11-9-15)17(18-12(2)3)13(4)14(5)19-6/h7,15H,2,5,8-11H2,1,3-4,6H3/b16-7-,17-13+. The molecule has 1 aliphatic rings. The zero-order chi connectivity index (χ0) is 15.1. The Morgan fingerprint density at radius 1 is 1.25 bits per heavy atom. The van der Waals surface area contributed by atoms with E-state index < -0.39 is 0 Å². The molecule has 0 spiro atoms. The van der Waals surface area contributed by atoms with E-state index in [1.807, 2.05) is 6.92 Å². The second kappa shape index (κ2) is 8.16. The predicted octanol–water partition coefficient (Wildman–Crippen LogP) is 4.03. The molecule has 1 heterocycles. The summed E-state index contributed by atoms with van der Waals surface area (Å²) in [7, 11) is 3.79. The Hall–Kier alpha value is -1.22. The molecule has 0 aromatic carbocycles. The average molecular weight is 273 g/mol. The summed E-state index contributed by atoms with van der Waals surface area (Å²) in [6, 6.07) is 0. The van der Waals surface area contributed by atoms with Gasteiger partial charge in [0.1, 0.15) is 5.76 Å². The van der Waals surface area contributed by atoms with E-state index in [1.54, 1.807) is 7.11 Å². The predicted molar refractivity (Wildman–Crippen MR) is 86.7 cm³/mol. The minimum atomic E-state index is 0.541. The van der Waals surface area contributed by atoms with E-state index in [0.717, 1.165) is 37.1 Å². The molecule has 0 aromatic heterocycles. The van der Waals surface area contributed by atoms with Crippen LogP contribution < -0.4 is 0 Å². The summed E-state index contributed by atoms with van der Waals surface area (Å²) < 4.78 is 10.8. The summed E-state index contributed by atoms with van der Waals surface area (Å²) in [6.45, 7) is 15.8. The number of ether oxygens (including phenoxy) is 2. The second-order valence-electron chi connectivity index (χ2n) is 5.29. The highest BCUT2D eigenvalue weighted by molar-refractivity contribution is 6.55. The SMILES string of the molecule is C=C(C)[B]C(/C(=C\C)C1CCOCC1)=C(\C)C(=C)OC. The monoisotopic (exact) mass is 273 g/mol. The normalized spacial score (nSPS) is 18.3. The van der Waals surface area contributed by atoms with Gasteiger partial charge in [-0.3, -0.25) is 0 Å². The van der Waals surface area contributed by atoms with Crippen molar-refractivity contribution in [1.29, 1.82) is 0 Å². The van der Waals surface area contributed by atoms with Crippen LogP contribution in [0.4, 0.5) is 0 Å². The molecule has 0 aliphatic carbocycles. The Kier molecular flexibility index (Phi) is 6.87. The van der Waals surface area contributed by atoms with E-state index >= 15 is 0 Å². The van der Waals surface area contributed by atoms with Gasteiger partial charge in [-0.15, -0.1) is 12.1 Å². The summed E-state index contributed by atoms with van der Waals surface area (Å²) in [5.74, 6) is 1.25. The van der Waals surface area contributed by atoms with Crippen molar-refractivity contribution < 1.29 is 9.47 Å². The maximum atomic E-state index is 5.47. The highest BCUT2D eigenvalue weighted by Crippen LogP contribution is 2.32. The van der Waals surface area contributed by atoms with Gasteiger partial charge in [-0.25, -0.2) is 0 Å². The lowest BCUT2D eigenvalue weighted by Gasteiger charge is -2.28. The fraction of sp³-hybridized carbons (Fsp3) is 0.529. The first-order valence-electron chi connectivity index (χ1n) is 7.20. The first kappa shape index (κ1) is 16.8. The van der Waals surface area contributed by atoms with Crippen molar-refractivity contribution in [3.63, 3.8) is 0 Å². The van der Waals surface area contributed by atoms with Crippen LogP contribution in [0.1, 0.15) is 33.6 Å². The van der Waals surface area contributed by atoms with E-state index in [2.05, 4.69) is 40.4 Å². The fourth-order valence-electron chi connectivity index (χ4n) is 2.58. The quantitative estimate of drug-likeness (QED) is 0.413.